The molecule has 0 saturated heterocycles. The molecule has 0 aliphatic rings. The maximum atomic E-state index is 10.5. The molecule has 1 rings (SSSR count). The Morgan fingerprint density at radius 3 is 2.29 bits per heavy atom. The number of hydrogen-bond acceptors (Lipinski definition) is 2. The summed E-state index contributed by atoms with van der Waals surface area (Å²) < 4.78 is 0. The Morgan fingerprint density at radius 2 is 1.86 bits per heavy atom. The molecule has 0 spiro atoms. The average Bonchev–Trinajstić information content (AvgIpc) is 2.14. The van der Waals surface area contributed by atoms with Gasteiger partial charge in [-0.1, -0.05) is 37.0 Å². The van der Waals surface area contributed by atoms with Crippen molar-refractivity contribution in [1.29, 1.82) is 0 Å². The highest BCUT2D eigenvalue weighted by Gasteiger charge is 2.12. The van der Waals surface area contributed by atoms with Crippen molar-refractivity contribution in [2.75, 3.05) is 0 Å². The van der Waals surface area contributed by atoms with Crippen molar-refractivity contribution >= 4 is 29.2 Å². The molecule has 0 aliphatic carbocycles. The fourth-order valence-corrected chi connectivity index (χ4v) is 1.15. The van der Waals surface area contributed by atoms with Gasteiger partial charge in [-0.3, -0.25) is 0 Å². The molecule has 0 saturated carbocycles. The maximum absolute atomic E-state index is 10.5. The molecule has 5 heteroatoms. The molecule has 0 bridgehead atoms. The molecule has 1 aromatic rings. The van der Waals surface area contributed by atoms with E-state index >= 15 is 0 Å². The van der Waals surface area contributed by atoms with E-state index in [1.54, 1.807) is 6.92 Å². The lowest BCUT2D eigenvalue weighted by Crippen LogP contribution is -2.02. The summed E-state index contributed by atoms with van der Waals surface area (Å²) in [5.41, 5.74) is 0.289. The molecule has 0 amide bonds. The Balaban J connectivity index is 0.000000791. The monoisotopic (exact) mass is 235 g/mol. The molecule has 0 aliphatic heterocycles. The first-order valence-corrected chi connectivity index (χ1v) is 4.84. The van der Waals surface area contributed by atoms with Crippen molar-refractivity contribution in [3.05, 3.63) is 27.5 Å². The van der Waals surface area contributed by atoms with Gasteiger partial charge in [-0.2, -0.15) is 0 Å². The quantitative estimate of drug-likeness (QED) is 0.812. The van der Waals surface area contributed by atoms with Gasteiger partial charge in [-0.05, 0) is 13.0 Å². The Labute approximate surface area is 92.7 Å². The molecule has 0 fully saturated rings. The lowest BCUT2D eigenvalue weighted by molar-refractivity contribution is 0.0690. The number of aryl methyl sites for hydroxylation is 1. The molecule has 0 aromatic carbocycles. The number of halogens is 2. The molecule has 0 radical (unpaired) electrons. The van der Waals surface area contributed by atoms with Crippen molar-refractivity contribution in [3.8, 4) is 0 Å². The van der Waals surface area contributed by atoms with Gasteiger partial charge in [-0.25, -0.2) is 9.78 Å². The second-order valence-electron chi connectivity index (χ2n) is 2.19. The maximum Gasteiger partial charge on any atom is 0.356 e. The van der Waals surface area contributed by atoms with Gasteiger partial charge in [0.05, 0.1) is 15.7 Å². The van der Waals surface area contributed by atoms with Crippen molar-refractivity contribution < 1.29 is 9.90 Å². The van der Waals surface area contributed by atoms with Crippen molar-refractivity contribution in [2.24, 2.45) is 0 Å². The van der Waals surface area contributed by atoms with Crippen LogP contribution in [0, 0.1) is 6.92 Å². The summed E-state index contributed by atoms with van der Waals surface area (Å²) in [6, 6.07) is 1.37. The third kappa shape index (κ3) is 3.16. The number of nitrogens with zero attached hydrogens (tertiary/aromatic N) is 1. The third-order valence-corrected chi connectivity index (χ3v) is 1.98. The van der Waals surface area contributed by atoms with Crippen molar-refractivity contribution in [1.82, 2.24) is 4.98 Å². The Bertz CT molecular complexity index is 340. The summed E-state index contributed by atoms with van der Waals surface area (Å²) in [4.78, 5) is 14.2. The Morgan fingerprint density at radius 1 is 1.36 bits per heavy atom. The van der Waals surface area contributed by atoms with E-state index in [2.05, 4.69) is 4.98 Å². The van der Waals surface area contributed by atoms with Crippen molar-refractivity contribution in [2.45, 2.75) is 20.8 Å². The molecule has 14 heavy (non-hydrogen) atoms. The highest BCUT2D eigenvalue weighted by Crippen LogP contribution is 2.21. The van der Waals surface area contributed by atoms with Crippen LogP contribution in [0.15, 0.2) is 6.07 Å². The third-order valence-electron chi connectivity index (χ3n) is 1.31. The highest BCUT2D eigenvalue weighted by atomic mass is 35.5. The molecule has 0 unspecified atom stereocenters. The first kappa shape index (κ1) is 13.2. The summed E-state index contributed by atoms with van der Waals surface area (Å²) in [7, 11) is 0. The summed E-state index contributed by atoms with van der Waals surface area (Å²) in [6.07, 6.45) is 0. The Hall–Kier alpha value is -0.800. The zero-order valence-corrected chi connectivity index (χ0v) is 9.65. The van der Waals surface area contributed by atoms with Gasteiger partial charge in [0, 0.05) is 0 Å². The minimum absolute atomic E-state index is 0.0538. The van der Waals surface area contributed by atoms with Gasteiger partial charge >= 0.3 is 5.97 Å². The van der Waals surface area contributed by atoms with Gasteiger partial charge in [0.2, 0.25) is 0 Å². The largest absolute Gasteiger partial charge is 0.476 e. The van der Waals surface area contributed by atoms with E-state index in [1.807, 2.05) is 13.8 Å². The number of carboxylic acids is 1. The standard InChI is InChI=1S/C7H5Cl2NO2.C2H6/c1-3-4(8)2-5(9)6(10-3)7(11)12;1-2/h2H,1H3,(H,11,12);1-2H3. The fourth-order valence-electron chi connectivity index (χ4n) is 0.709. The van der Waals surface area contributed by atoms with E-state index in [0.717, 1.165) is 0 Å². The second-order valence-corrected chi connectivity index (χ2v) is 3.01. The van der Waals surface area contributed by atoms with Gasteiger partial charge in [-0.15, -0.1) is 0 Å². The van der Waals surface area contributed by atoms with E-state index in [-0.39, 0.29) is 10.7 Å². The first-order chi connectivity index (χ1) is 6.52. The molecule has 0 atom stereocenters. The number of aromatic nitrogens is 1. The van der Waals surface area contributed by atoms with Crippen LogP contribution in [-0.2, 0) is 0 Å². The highest BCUT2D eigenvalue weighted by molar-refractivity contribution is 6.36. The number of rotatable bonds is 1. The van der Waals surface area contributed by atoms with Gasteiger partial charge < -0.3 is 5.11 Å². The number of hydrogen-bond donors (Lipinski definition) is 1. The predicted octanol–water partition coefficient (Wildman–Crippen LogP) is 3.42. The van der Waals surface area contributed by atoms with E-state index in [0.29, 0.717) is 10.7 Å². The number of pyridine rings is 1. The van der Waals surface area contributed by atoms with E-state index in [1.165, 1.54) is 6.07 Å². The lowest BCUT2D eigenvalue weighted by atomic mass is 10.3. The molecule has 1 N–H and O–H groups in total. The van der Waals surface area contributed by atoms with Crippen LogP contribution >= 0.6 is 23.2 Å². The first-order valence-electron chi connectivity index (χ1n) is 4.08. The average molecular weight is 236 g/mol. The van der Waals surface area contributed by atoms with Gasteiger partial charge in [0.25, 0.3) is 0 Å². The zero-order valence-electron chi connectivity index (χ0n) is 8.14. The molecule has 1 heterocycles. The van der Waals surface area contributed by atoms with Gasteiger partial charge in [0.1, 0.15) is 0 Å². The number of carbonyl (C=O) groups is 1. The van der Waals surface area contributed by atoms with E-state index in [9.17, 15) is 4.79 Å². The van der Waals surface area contributed by atoms with Crippen LogP contribution in [0.2, 0.25) is 10.0 Å². The molecular formula is C9H11Cl2NO2. The molecule has 1 aromatic heterocycles. The molecule has 78 valence electrons. The van der Waals surface area contributed by atoms with Crippen LogP contribution in [0.1, 0.15) is 30.0 Å². The lowest BCUT2D eigenvalue weighted by Gasteiger charge is -2.00. The summed E-state index contributed by atoms with van der Waals surface area (Å²) >= 11 is 11.2. The van der Waals surface area contributed by atoms with Crippen LogP contribution in [-0.4, -0.2) is 16.1 Å². The topological polar surface area (TPSA) is 50.2 Å². The minimum atomic E-state index is -1.15. The summed E-state index contributed by atoms with van der Waals surface area (Å²) in [6.45, 7) is 5.62. The van der Waals surface area contributed by atoms with Crippen LogP contribution in [0.4, 0.5) is 0 Å². The van der Waals surface area contributed by atoms with Gasteiger partial charge in [0.15, 0.2) is 5.69 Å². The fraction of sp³-hybridized carbons (Fsp3) is 0.333. The van der Waals surface area contributed by atoms with E-state index < -0.39 is 5.97 Å². The summed E-state index contributed by atoms with van der Waals surface area (Å²) in [5, 5.41) is 9.01. The minimum Gasteiger partial charge on any atom is -0.476 e. The summed E-state index contributed by atoms with van der Waals surface area (Å²) in [5.74, 6) is -1.15. The van der Waals surface area contributed by atoms with Crippen LogP contribution < -0.4 is 0 Å². The van der Waals surface area contributed by atoms with E-state index in [4.69, 9.17) is 28.3 Å². The number of aromatic carboxylic acids is 1. The molecule has 3 nitrogen and oxygen atoms in total. The predicted molar refractivity (Wildman–Crippen MR) is 57.3 cm³/mol. The van der Waals surface area contributed by atoms with Crippen LogP contribution in [0.25, 0.3) is 0 Å². The molecular weight excluding hydrogens is 225 g/mol. The SMILES string of the molecule is CC.Cc1nc(C(=O)O)c(Cl)cc1Cl. The normalized spacial score (nSPS) is 8.93. The number of carboxylic acid groups (broad SMARTS) is 1. The zero-order chi connectivity index (χ0) is 11.3. The smallest absolute Gasteiger partial charge is 0.356 e. The van der Waals surface area contributed by atoms with Crippen LogP contribution in [0.3, 0.4) is 0 Å². The Kier molecular flexibility index (Phi) is 5.50. The van der Waals surface area contributed by atoms with Crippen LogP contribution in [0.5, 0.6) is 0 Å². The van der Waals surface area contributed by atoms with Crippen molar-refractivity contribution in [3.63, 3.8) is 0 Å². The second kappa shape index (κ2) is 5.83.